The highest BCUT2D eigenvalue weighted by molar-refractivity contribution is 6.14. The van der Waals surface area contributed by atoms with Gasteiger partial charge in [0.25, 0.3) is 0 Å². The molecule has 0 saturated heterocycles. The lowest BCUT2D eigenvalue weighted by Crippen LogP contribution is -2.06. The normalized spacial score (nSPS) is 16.4. The third kappa shape index (κ3) is 1.20. The Labute approximate surface area is 80.7 Å². The van der Waals surface area contributed by atoms with E-state index >= 15 is 0 Å². The lowest BCUT2D eigenvalue weighted by atomic mass is 10.0. The van der Waals surface area contributed by atoms with Gasteiger partial charge in [0.1, 0.15) is 0 Å². The van der Waals surface area contributed by atoms with E-state index in [9.17, 15) is 9.59 Å². The van der Waals surface area contributed by atoms with E-state index in [2.05, 4.69) is 4.74 Å². The molecule has 0 amide bonds. The topological polar surface area (TPSA) is 69.4 Å². The minimum Gasteiger partial charge on any atom is -0.386 e. The molecule has 0 radical (unpaired) electrons. The fourth-order valence-corrected chi connectivity index (χ4v) is 1.39. The number of ether oxygens (including phenoxy) is 1. The molecule has 0 aliphatic carbocycles. The second-order valence-electron chi connectivity index (χ2n) is 3.27. The summed E-state index contributed by atoms with van der Waals surface area (Å²) in [5.41, 5.74) is 7.09. The number of hydrogen-bond donors (Lipinski definition) is 1. The Kier molecular flexibility index (Phi) is 1.86. The van der Waals surface area contributed by atoms with Crippen LogP contribution in [0.3, 0.4) is 0 Å². The molecule has 2 N–H and O–H groups in total. The molecule has 1 atom stereocenters. The first-order valence-electron chi connectivity index (χ1n) is 4.25. The molecule has 4 heteroatoms. The van der Waals surface area contributed by atoms with Crippen LogP contribution in [0.25, 0.3) is 0 Å². The number of nitrogens with two attached hydrogens (primary N) is 1. The third-order valence-electron chi connectivity index (χ3n) is 2.19. The van der Waals surface area contributed by atoms with E-state index in [0.717, 1.165) is 5.56 Å². The Morgan fingerprint density at radius 3 is 2.50 bits per heavy atom. The molecule has 0 bridgehead atoms. The summed E-state index contributed by atoms with van der Waals surface area (Å²) in [5.74, 6) is -1.17. The monoisotopic (exact) mass is 191 g/mol. The molecule has 14 heavy (non-hydrogen) atoms. The Bertz CT molecular complexity index is 423. The zero-order valence-electron chi connectivity index (χ0n) is 7.61. The molecule has 72 valence electrons. The van der Waals surface area contributed by atoms with Crippen molar-refractivity contribution in [1.82, 2.24) is 0 Å². The molecular weight excluding hydrogens is 182 g/mol. The second-order valence-corrected chi connectivity index (χ2v) is 3.27. The van der Waals surface area contributed by atoms with Gasteiger partial charge in [-0.1, -0.05) is 6.07 Å². The second kappa shape index (κ2) is 2.92. The average molecular weight is 191 g/mol. The minimum atomic E-state index is -0.590. The maximum Gasteiger partial charge on any atom is 0.346 e. The highest BCUT2D eigenvalue weighted by atomic mass is 16.6. The number of cyclic esters (lactones) is 2. The number of esters is 2. The fraction of sp³-hybridized carbons (Fsp3) is 0.200. The minimum absolute atomic E-state index is 0.163. The maximum absolute atomic E-state index is 11.2. The molecule has 1 heterocycles. The summed E-state index contributed by atoms with van der Waals surface area (Å²) in [4.78, 5) is 22.2. The van der Waals surface area contributed by atoms with Gasteiger partial charge in [-0.25, -0.2) is 9.59 Å². The van der Waals surface area contributed by atoms with E-state index in [1.165, 1.54) is 0 Å². The van der Waals surface area contributed by atoms with Crippen LogP contribution in [0.15, 0.2) is 18.2 Å². The van der Waals surface area contributed by atoms with E-state index in [4.69, 9.17) is 5.73 Å². The number of fused-ring (bicyclic) bond motifs is 1. The summed E-state index contributed by atoms with van der Waals surface area (Å²) in [6, 6.07) is 4.74. The lowest BCUT2D eigenvalue weighted by molar-refractivity contribution is 0.0444. The highest BCUT2D eigenvalue weighted by Crippen LogP contribution is 2.23. The number of rotatable bonds is 1. The molecule has 4 nitrogen and oxygen atoms in total. The molecule has 1 aliphatic heterocycles. The Morgan fingerprint density at radius 1 is 1.21 bits per heavy atom. The molecule has 1 aromatic rings. The van der Waals surface area contributed by atoms with Crippen molar-refractivity contribution < 1.29 is 14.3 Å². The van der Waals surface area contributed by atoms with Gasteiger partial charge < -0.3 is 10.5 Å². The molecule has 0 aromatic heterocycles. The van der Waals surface area contributed by atoms with Crippen LogP contribution in [0.4, 0.5) is 0 Å². The molecule has 1 unspecified atom stereocenters. The van der Waals surface area contributed by atoms with Gasteiger partial charge in [0.2, 0.25) is 0 Å². The Balaban J connectivity index is 2.55. The van der Waals surface area contributed by atoms with Gasteiger partial charge in [-0.2, -0.15) is 0 Å². The van der Waals surface area contributed by atoms with Gasteiger partial charge in [0.05, 0.1) is 11.1 Å². The molecular formula is C10H9NO3. The van der Waals surface area contributed by atoms with Crippen molar-refractivity contribution in [2.24, 2.45) is 5.73 Å². The first kappa shape index (κ1) is 8.90. The number of carbonyl (C=O) groups excluding carboxylic acids is 2. The predicted molar refractivity (Wildman–Crippen MR) is 48.8 cm³/mol. The number of carbonyl (C=O) groups is 2. The van der Waals surface area contributed by atoms with E-state index in [1.807, 2.05) is 6.92 Å². The van der Waals surface area contributed by atoms with Crippen LogP contribution in [-0.2, 0) is 4.74 Å². The zero-order valence-corrected chi connectivity index (χ0v) is 7.61. The van der Waals surface area contributed by atoms with Crippen molar-refractivity contribution in [1.29, 1.82) is 0 Å². The summed E-state index contributed by atoms with van der Waals surface area (Å²) < 4.78 is 4.45. The molecule has 1 aromatic carbocycles. The van der Waals surface area contributed by atoms with E-state index in [0.29, 0.717) is 11.1 Å². The van der Waals surface area contributed by atoms with Gasteiger partial charge in [-0.05, 0) is 24.6 Å². The summed E-state index contributed by atoms with van der Waals surface area (Å²) in [7, 11) is 0. The quantitative estimate of drug-likeness (QED) is 0.531. The van der Waals surface area contributed by atoms with Crippen LogP contribution >= 0.6 is 0 Å². The van der Waals surface area contributed by atoms with Crippen LogP contribution in [-0.4, -0.2) is 11.9 Å². The van der Waals surface area contributed by atoms with E-state index in [1.54, 1.807) is 18.2 Å². The van der Waals surface area contributed by atoms with Gasteiger partial charge >= 0.3 is 11.9 Å². The van der Waals surface area contributed by atoms with Crippen molar-refractivity contribution in [3.8, 4) is 0 Å². The van der Waals surface area contributed by atoms with Crippen LogP contribution in [0, 0.1) is 0 Å². The lowest BCUT2D eigenvalue weighted by Gasteiger charge is -2.04. The highest BCUT2D eigenvalue weighted by Gasteiger charge is 2.29. The Morgan fingerprint density at radius 2 is 1.86 bits per heavy atom. The van der Waals surface area contributed by atoms with Gasteiger partial charge in [-0.3, -0.25) is 0 Å². The first-order valence-corrected chi connectivity index (χ1v) is 4.25. The summed E-state index contributed by atoms with van der Waals surface area (Å²) in [5, 5.41) is 0. The van der Waals surface area contributed by atoms with Crippen molar-refractivity contribution >= 4 is 11.9 Å². The molecule has 0 spiro atoms. The van der Waals surface area contributed by atoms with Gasteiger partial charge in [0.15, 0.2) is 0 Å². The van der Waals surface area contributed by atoms with Crippen molar-refractivity contribution in [2.75, 3.05) is 0 Å². The number of hydrogen-bond acceptors (Lipinski definition) is 4. The summed E-state index contributed by atoms with van der Waals surface area (Å²) in [6.07, 6.45) is 0. The summed E-state index contributed by atoms with van der Waals surface area (Å²) >= 11 is 0. The van der Waals surface area contributed by atoms with Crippen LogP contribution in [0.2, 0.25) is 0 Å². The zero-order chi connectivity index (χ0) is 10.3. The molecule has 0 fully saturated rings. The first-order chi connectivity index (χ1) is 6.59. The van der Waals surface area contributed by atoms with Crippen molar-refractivity contribution in [3.05, 3.63) is 34.9 Å². The predicted octanol–water partition coefficient (Wildman–Crippen LogP) is 1.02. The molecule has 0 saturated carbocycles. The molecule has 1 aliphatic rings. The maximum atomic E-state index is 11.2. The Hall–Kier alpha value is -1.68. The third-order valence-corrected chi connectivity index (χ3v) is 2.19. The van der Waals surface area contributed by atoms with Crippen LogP contribution in [0.1, 0.15) is 39.2 Å². The van der Waals surface area contributed by atoms with E-state index in [-0.39, 0.29) is 6.04 Å². The molecule has 2 rings (SSSR count). The average Bonchev–Trinajstić information content (AvgIpc) is 2.42. The van der Waals surface area contributed by atoms with Crippen molar-refractivity contribution in [2.45, 2.75) is 13.0 Å². The smallest absolute Gasteiger partial charge is 0.346 e. The SMILES string of the molecule is CC(N)c1ccc2c(c1)C(=O)OC2=O. The van der Waals surface area contributed by atoms with E-state index < -0.39 is 11.9 Å². The van der Waals surface area contributed by atoms with Crippen LogP contribution in [0.5, 0.6) is 0 Å². The van der Waals surface area contributed by atoms with Gasteiger partial charge in [0, 0.05) is 6.04 Å². The largest absolute Gasteiger partial charge is 0.386 e. The van der Waals surface area contributed by atoms with Gasteiger partial charge in [-0.15, -0.1) is 0 Å². The number of benzene rings is 1. The fourth-order valence-electron chi connectivity index (χ4n) is 1.39. The standard InChI is InChI=1S/C10H9NO3/c1-5(11)6-2-3-7-8(4-6)10(13)14-9(7)12/h2-5H,11H2,1H3. The van der Waals surface area contributed by atoms with Crippen LogP contribution < -0.4 is 5.73 Å². The van der Waals surface area contributed by atoms with Crippen molar-refractivity contribution in [3.63, 3.8) is 0 Å². The summed E-state index contributed by atoms with van der Waals surface area (Å²) in [6.45, 7) is 1.81.